The summed E-state index contributed by atoms with van der Waals surface area (Å²) in [6.45, 7) is 3.06. The number of nitrogens with one attached hydrogen (secondary N) is 1. The number of hydrogen-bond acceptors (Lipinski definition) is 5. The quantitative estimate of drug-likeness (QED) is 0.742. The van der Waals surface area contributed by atoms with Crippen LogP contribution in [0.2, 0.25) is 5.02 Å². The zero-order valence-electron chi connectivity index (χ0n) is 16.1. The van der Waals surface area contributed by atoms with Crippen LogP contribution in [0, 0.1) is 0 Å². The molecule has 0 saturated carbocycles. The highest BCUT2D eigenvalue weighted by molar-refractivity contribution is 7.89. The van der Waals surface area contributed by atoms with Crippen molar-refractivity contribution < 1.29 is 13.2 Å². The second-order valence-electron chi connectivity index (χ2n) is 6.93. The lowest BCUT2D eigenvalue weighted by molar-refractivity contribution is 0.0172. The molecule has 0 aliphatic carbocycles. The summed E-state index contributed by atoms with van der Waals surface area (Å²) in [5, 5.41) is 0.216. The van der Waals surface area contributed by atoms with Crippen LogP contribution in [0.5, 0.6) is 0 Å². The molecule has 1 aliphatic heterocycles. The van der Waals surface area contributed by atoms with Crippen molar-refractivity contribution in [1.29, 1.82) is 0 Å². The highest BCUT2D eigenvalue weighted by atomic mass is 35.5. The van der Waals surface area contributed by atoms with Crippen molar-refractivity contribution in [3.63, 3.8) is 0 Å². The lowest BCUT2D eigenvalue weighted by atomic mass is 10.0. The Morgan fingerprint density at radius 3 is 2.36 bits per heavy atom. The van der Waals surface area contributed by atoms with Crippen molar-refractivity contribution in [2.75, 3.05) is 51.8 Å². The summed E-state index contributed by atoms with van der Waals surface area (Å²) in [7, 11) is 0.282. The molecule has 28 heavy (non-hydrogen) atoms. The van der Waals surface area contributed by atoms with Crippen molar-refractivity contribution in [3.05, 3.63) is 59.1 Å². The third-order valence-electron chi connectivity index (χ3n) is 4.87. The van der Waals surface area contributed by atoms with Crippen LogP contribution in [0.4, 0.5) is 5.69 Å². The minimum Gasteiger partial charge on any atom is -0.379 e. The maximum Gasteiger partial charge on any atom is 0.242 e. The van der Waals surface area contributed by atoms with Crippen molar-refractivity contribution >= 4 is 27.3 Å². The number of benzene rings is 2. The van der Waals surface area contributed by atoms with Gasteiger partial charge in [0, 0.05) is 45.5 Å². The number of halogens is 1. The summed E-state index contributed by atoms with van der Waals surface area (Å²) in [6, 6.07) is 14.6. The SMILES string of the molecule is CN(C)c1ccc(C(CNS(=O)(=O)c2ccccc2Cl)N2CCOCC2)cc1. The van der Waals surface area contributed by atoms with E-state index in [4.69, 9.17) is 16.3 Å². The van der Waals surface area contributed by atoms with E-state index in [1.54, 1.807) is 18.2 Å². The first-order valence-corrected chi connectivity index (χ1v) is 11.1. The zero-order chi connectivity index (χ0) is 20.1. The predicted octanol–water partition coefficient (Wildman–Crippen LogP) is 2.76. The second kappa shape index (κ2) is 9.24. The van der Waals surface area contributed by atoms with Gasteiger partial charge < -0.3 is 9.64 Å². The minimum atomic E-state index is -3.70. The van der Waals surface area contributed by atoms with Crippen LogP contribution < -0.4 is 9.62 Å². The molecule has 0 amide bonds. The van der Waals surface area contributed by atoms with Gasteiger partial charge in [-0.3, -0.25) is 4.90 Å². The van der Waals surface area contributed by atoms with Gasteiger partial charge in [0.25, 0.3) is 0 Å². The van der Waals surface area contributed by atoms with E-state index in [0.717, 1.165) is 24.3 Å². The second-order valence-corrected chi connectivity index (χ2v) is 9.07. The number of hydrogen-bond donors (Lipinski definition) is 1. The van der Waals surface area contributed by atoms with E-state index < -0.39 is 10.0 Å². The fourth-order valence-corrected chi connectivity index (χ4v) is 4.83. The fourth-order valence-electron chi connectivity index (χ4n) is 3.27. The predicted molar refractivity (Wildman–Crippen MR) is 113 cm³/mol. The van der Waals surface area contributed by atoms with Gasteiger partial charge in [-0.25, -0.2) is 13.1 Å². The van der Waals surface area contributed by atoms with Crippen LogP contribution in [0.15, 0.2) is 53.4 Å². The Labute approximate surface area is 172 Å². The van der Waals surface area contributed by atoms with E-state index in [9.17, 15) is 8.42 Å². The van der Waals surface area contributed by atoms with Crippen LogP contribution in [-0.4, -0.2) is 60.3 Å². The van der Waals surface area contributed by atoms with E-state index in [-0.39, 0.29) is 22.5 Å². The number of morpholine rings is 1. The Hall–Kier alpha value is -1.64. The van der Waals surface area contributed by atoms with Gasteiger partial charge >= 0.3 is 0 Å². The average molecular weight is 424 g/mol. The van der Waals surface area contributed by atoms with Crippen molar-refractivity contribution in [3.8, 4) is 0 Å². The van der Waals surface area contributed by atoms with E-state index in [0.29, 0.717) is 13.2 Å². The first-order chi connectivity index (χ1) is 13.4. The molecule has 1 fully saturated rings. The molecule has 8 heteroatoms. The largest absolute Gasteiger partial charge is 0.379 e. The van der Waals surface area contributed by atoms with Crippen LogP contribution in [0.25, 0.3) is 0 Å². The van der Waals surface area contributed by atoms with Gasteiger partial charge in [-0.15, -0.1) is 0 Å². The van der Waals surface area contributed by atoms with Crippen molar-refractivity contribution in [2.45, 2.75) is 10.9 Å². The molecule has 2 aromatic rings. The number of rotatable bonds is 7. The molecule has 1 heterocycles. The van der Waals surface area contributed by atoms with Crippen LogP contribution in [0.3, 0.4) is 0 Å². The topological polar surface area (TPSA) is 61.9 Å². The molecule has 2 aromatic carbocycles. The molecule has 1 aliphatic rings. The molecule has 3 rings (SSSR count). The summed E-state index contributed by atoms with van der Waals surface area (Å²) in [5.74, 6) is 0. The van der Waals surface area contributed by atoms with E-state index in [1.165, 1.54) is 6.07 Å². The summed E-state index contributed by atoms with van der Waals surface area (Å²) in [6.07, 6.45) is 0. The smallest absolute Gasteiger partial charge is 0.242 e. The average Bonchev–Trinajstić information content (AvgIpc) is 2.69. The van der Waals surface area contributed by atoms with Gasteiger partial charge in [-0.1, -0.05) is 35.9 Å². The molecule has 0 aromatic heterocycles. The maximum absolute atomic E-state index is 12.8. The Balaban J connectivity index is 1.82. The maximum atomic E-state index is 12.8. The lowest BCUT2D eigenvalue weighted by Crippen LogP contribution is -2.43. The summed E-state index contributed by atoms with van der Waals surface area (Å²) < 4.78 is 33.7. The Morgan fingerprint density at radius 2 is 1.75 bits per heavy atom. The first-order valence-electron chi connectivity index (χ1n) is 9.22. The van der Waals surface area contributed by atoms with Gasteiger partial charge in [0.05, 0.1) is 18.2 Å². The van der Waals surface area contributed by atoms with Gasteiger partial charge in [0.1, 0.15) is 4.90 Å². The third kappa shape index (κ3) is 5.04. The van der Waals surface area contributed by atoms with Crippen molar-refractivity contribution in [2.24, 2.45) is 0 Å². The number of nitrogens with zero attached hydrogens (tertiary/aromatic N) is 2. The molecular formula is C20H26ClN3O3S. The van der Waals surface area contributed by atoms with Gasteiger partial charge in [-0.05, 0) is 29.8 Å². The fraction of sp³-hybridized carbons (Fsp3) is 0.400. The third-order valence-corrected chi connectivity index (χ3v) is 6.80. The van der Waals surface area contributed by atoms with Crippen LogP contribution in [0.1, 0.15) is 11.6 Å². The normalized spacial score (nSPS) is 16.7. The lowest BCUT2D eigenvalue weighted by Gasteiger charge is -2.35. The molecule has 0 spiro atoms. The molecule has 0 bridgehead atoms. The molecular weight excluding hydrogens is 398 g/mol. The summed E-state index contributed by atoms with van der Waals surface area (Å²) in [4.78, 5) is 4.39. The Kier molecular flexibility index (Phi) is 6.95. The number of ether oxygens (including phenoxy) is 1. The van der Waals surface area contributed by atoms with Gasteiger partial charge in [-0.2, -0.15) is 0 Å². The van der Waals surface area contributed by atoms with E-state index in [2.05, 4.69) is 21.8 Å². The Bertz CT molecular complexity index is 882. The molecule has 1 N–H and O–H groups in total. The molecule has 1 saturated heterocycles. The molecule has 6 nitrogen and oxygen atoms in total. The van der Waals surface area contributed by atoms with Gasteiger partial charge in [0.2, 0.25) is 10.0 Å². The van der Waals surface area contributed by atoms with Crippen LogP contribution in [-0.2, 0) is 14.8 Å². The zero-order valence-corrected chi connectivity index (χ0v) is 17.7. The molecule has 152 valence electrons. The van der Waals surface area contributed by atoms with Crippen molar-refractivity contribution in [1.82, 2.24) is 9.62 Å². The summed E-state index contributed by atoms with van der Waals surface area (Å²) >= 11 is 6.09. The van der Waals surface area contributed by atoms with Gasteiger partial charge in [0.15, 0.2) is 0 Å². The highest BCUT2D eigenvalue weighted by Crippen LogP contribution is 2.25. The molecule has 1 atom stereocenters. The molecule has 0 radical (unpaired) electrons. The van der Waals surface area contributed by atoms with Crippen LogP contribution >= 0.6 is 11.6 Å². The highest BCUT2D eigenvalue weighted by Gasteiger charge is 2.26. The number of sulfonamides is 1. The van der Waals surface area contributed by atoms with E-state index >= 15 is 0 Å². The minimum absolute atomic E-state index is 0.0858. The summed E-state index contributed by atoms with van der Waals surface area (Å²) in [5.41, 5.74) is 2.16. The molecule has 1 unspecified atom stereocenters. The van der Waals surface area contributed by atoms with E-state index in [1.807, 2.05) is 31.1 Å². The monoisotopic (exact) mass is 423 g/mol. The standard InChI is InChI=1S/C20H26ClN3O3S/c1-23(2)17-9-7-16(8-10-17)19(24-11-13-27-14-12-24)15-22-28(25,26)20-6-4-3-5-18(20)21/h3-10,19,22H,11-15H2,1-2H3. The first kappa shape index (κ1) is 21.1. The Morgan fingerprint density at radius 1 is 1.11 bits per heavy atom. The number of anilines is 1.